The van der Waals surface area contributed by atoms with E-state index in [9.17, 15) is 0 Å². The van der Waals surface area contributed by atoms with Crippen LogP contribution in [0, 0.1) is 0 Å². The number of rotatable bonds is 4. The van der Waals surface area contributed by atoms with E-state index in [1.165, 1.54) is 0 Å². The number of hydrogen-bond donors (Lipinski definition) is 2. The minimum Gasteiger partial charge on any atom is -0.399 e. The van der Waals surface area contributed by atoms with Crippen LogP contribution in [0.3, 0.4) is 0 Å². The Labute approximate surface area is 209 Å². The van der Waals surface area contributed by atoms with Gasteiger partial charge in [-0.05, 0) is 58.7 Å². The molecule has 0 aliphatic carbocycles. The SMILES string of the molecule is Nc1ccc(-c2ccc(N)cc2-c2ccc(-c3nc4ccccc4nc3-c3ccccc3)cc2)cc1. The van der Waals surface area contributed by atoms with Crippen molar-refractivity contribution in [2.75, 3.05) is 11.5 Å². The highest BCUT2D eigenvalue weighted by Crippen LogP contribution is 2.36. The summed E-state index contributed by atoms with van der Waals surface area (Å²) < 4.78 is 0. The highest BCUT2D eigenvalue weighted by Gasteiger charge is 2.14. The second-order valence-corrected chi connectivity index (χ2v) is 8.78. The van der Waals surface area contributed by atoms with Gasteiger partial charge in [-0.2, -0.15) is 0 Å². The van der Waals surface area contributed by atoms with Gasteiger partial charge in [-0.3, -0.25) is 0 Å². The second kappa shape index (κ2) is 9.01. The van der Waals surface area contributed by atoms with Crippen LogP contribution in [0.25, 0.3) is 55.8 Å². The molecule has 0 saturated carbocycles. The number of hydrogen-bond acceptors (Lipinski definition) is 4. The van der Waals surface area contributed by atoms with Crippen molar-refractivity contribution >= 4 is 22.4 Å². The molecule has 4 heteroatoms. The van der Waals surface area contributed by atoms with Crippen molar-refractivity contribution in [2.45, 2.75) is 0 Å². The third-order valence-electron chi connectivity index (χ3n) is 6.35. The normalized spacial score (nSPS) is 11.0. The molecule has 0 bridgehead atoms. The van der Waals surface area contributed by atoms with E-state index in [0.29, 0.717) is 0 Å². The highest BCUT2D eigenvalue weighted by molar-refractivity contribution is 5.89. The maximum atomic E-state index is 6.19. The van der Waals surface area contributed by atoms with Crippen molar-refractivity contribution in [3.63, 3.8) is 0 Å². The average Bonchev–Trinajstić information content (AvgIpc) is 2.93. The first-order chi connectivity index (χ1) is 17.7. The topological polar surface area (TPSA) is 77.8 Å². The minimum atomic E-state index is 0.722. The van der Waals surface area contributed by atoms with Crippen LogP contribution in [-0.4, -0.2) is 9.97 Å². The Morgan fingerprint density at radius 1 is 0.389 bits per heavy atom. The van der Waals surface area contributed by atoms with E-state index in [1.807, 2.05) is 78.9 Å². The quantitative estimate of drug-likeness (QED) is 0.265. The molecule has 6 rings (SSSR count). The number of anilines is 2. The van der Waals surface area contributed by atoms with Gasteiger partial charge in [-0.25, -0.2) is 9.97 Å². The molecular formula is C32H24N4. The first-order valence-electron chi connectivity index (χ1n) is 11.8. The average molecular weight is 465 g/mol. The van der Waals surface area contributed by atoms with Crippen LogP contribution in [0.1, 0.15) is 0 Å². The van der Waals surface area contributed by atoms with Crippen LogP contribution in [-0.2, 0) is 0 Å². The Balaban J connectivity index is 1.47. The van der Waals surface area contributed by atoms with E-state index in [-0.39, 0.29) is 0 Å². The van der Waals surface area contributed by atoms with Crippen LogP contribution in [0.15, 0.2) is 121 Å². The van der Waals surface area contributed by atoms with E-state index >= 15 is 0 Å². The highest BCUT2D eigenvalue weighted by atomic mass is 14.8. The predicted octanol–water partition coefficient (Wildman–Crippen LogP) is 7.46. The lowest BCUT2D eigenvalue weighted by Crippen LogP contribution is -1.95. The molecule has 172 valence electrons. The van der Waals surface area contributed by atoms with Gasteiger partial charge < -0.3 is 11.5 Å². The van der Waals surface area contributed by atoms with Crippen molar-refractivity contribution in [1.29, 1.82) is 0 Å². The smallest absolute Gasteiger partial charge is 0.0973 e. The summed E-state index contributed by atoms with van der Waals surface area (Å²) in [6, 6.07) is 40.6. The lowest BCUT2D eigenvalue weighted by atomic mass is 9.93. The molecule has 0 fully saturated rings. The van der Waals surface area contributed by atoms with E-state index in [1.54, 1.807) is 0 Å². The lowest BCUT2D eigenvalue weighted by Gasteiger charge is -2.14. The van der Waals surface area contributed by atoms with Crippen molar-refractivity contribution in [3.05, 3.63) is 121 Å². The molecule has 0 radical (unpaired) electrons. The van der Waals surface area contributed by atoms with Gasteiger partial charge in [0.05, 0.1) is 22.4 Å². The third kappa shape index (κ3) is 4.05. The third-order valence-corrected chi connectivity index (χ3v) is 6.35. The van der Waals surface area contributed by atoms with Crippen LogP contribution in [0.5, 0.6) is 0 Å². The van der Waals surface area contributed by atoms with Crippen molar-refractivity contribution < 1.29 is 0 Å². The van der Waals surface area contributed by atoms with Gasteiger partial charge in [0, 0.05) is 22.5 Å². The van der Waals surface area contributed by atoms with E-state index in [4.69, 9.17) is 21.4 Å². The summed E-state index contributed by atoms with van der Waals surface area (Å²) in [4.78, 5) is 10.0. The summed E-state index contributed by atoms with van der Waals surface area (Å²) in [7, 11) is 0. The minimum absolute atomic E-state index is 0.722. The Morgan fingerprint density at radius 3 is 1.50 bits per heavy atom. The number of nitrogens with two attached hydrogens (primary N) is 2. The van der Waals surface area contributed by atoms with E-state index < -0.39 is 0 Å². The summed E-state index contributed by atoms with van der Waals surface area (Å²) in [5.41, 5.74) is 23.4. The van der Waals surface area contributed by atoms with Gasteiger partial charge in [0.15, 0.2) is 0 Å². The molecule has 1 aromatic heterocycles. The van der Waals surface area contributed by atoms with Gasteiger partial charge >= 0.3 is 0 Å². The van der Waals surface area contributed by atoms with Gasteiger partial charge in [-0.1, -0.05) is 84.9 Å². The van der Waals surface area contributed by atoms with Gasteiger partial charge in [-0.15, -0.1) is 0 Å². The Kier molecular flexibility index (Phi) is 5.39. The van der Waals surface area contributed by atoms with Crippen molar-refractivity contribution in [2.24, 2.45) is 0 Å². The fraction of sp³-hybridized carbons (Fsp3) is 0. The van der Waals surface area contributed by atoms with Crippen LogP contribution < -0.4 is 11.5 Å². The van der Waals surface area contributed by atoms with Gasteiger partial charge in [0.1, 0.15) is 0 Å². The van der Waals surface area contributed by atoms with Crippen molar-refractivity contribution in [3.8, 4) is 44.8 Å². The number of aromatic nitrogens is 2. The zero-order chi connectivity index (χ0) is 24.5. The Hall–Kier alpha value is -4.96. The standard InChI is InChI=1S/C32H24N4/c33-25-16-14-21(15-17-25)27-19-18-26(34)20-28(27)22-10-12-24(13-11-22)32-31(23-6-2-1-3-7-23)35-29-8-4-5-9-30(29)36-32/h1-20H,33-34H2. The van der Waals surface area contributed by atoms with Crippen LogP contribution >= 0.6 is 0 Å². The largest absolute Gasteiger partial charge is 0.399 e. The Bertz CT molecular complexity index is 1670. The predicted molar refractivity (Wildman–Crippen MR) is 150 cm³/mol. The van der Waals surface area contributed by atoms with E-state index in [2.05, 4.69) is 42.5 Å². The molecule has 0 saturated heterocycles. The maximum absolute atomic E-state index is 6.19. The monoisotopic (exact) mass is 464 g/mol. The molecule has 0 atom stereocenters. The molecule has 0 spiro atoms. The van der Waals surface area contributed by atoms with Gasteiger partial charge in [0.2, 0.25) is 0 Å². The molecular weight excluding hydrogens is 440 g/mol. The van der Waals surface area contributed by atoms with Crippen LogP contribution in [0.2, 0.25) is 0 Å². The number of fused-ring (bicyclic) bond motifs is 1. The zero-order valence-corrected chi connectivity index (χ0v) is 19.6. The number of nitrogens with zero attached hydrogens (tertiary/aromatic N) is 2. The number of nitrogen functional groups attached to an aromatic ring is 2. The summed E-state index contributed by atoms with van der Waals surface area (Å²) in [5, 5.41) is 0. The van der Waals surface area contributed by atoms with Gasteiger partial charge in [0.25, 0.3) is 0 Å². The number of benzene rings is 5. The molecule has 36 heavy (non-hydrogen) atoms. The van der Waals surface area contributed by atoms with Crippen molar-refractivity contribution in [1.82, 2.24) is 9.97 Å². The molecule has 0 unspecified atom stereocenters. The Morgan fingerprint density at radius 2 is 0.861 bits per heavy atom. The summed E-state index contributed by atoms with van der Waals surface area (Å²) >= 11 is 0. The first-order valence-corrected chi connectivity index (χ1v) is 11.8. The summed E-state index contributed by atoms with van der Waals surface area (Å²) in [6.45, 7) is 0. The van der Waals surface area contributed by atoms with E-state index in [0.717, 1.165) is 67.2 Å². The van der Waals surface area contributed by atoms with Crippen LogP contribution in [0.4, 0.5) is 11.4 Å². The summed E-state index contributed by atoms with van der Waals surface area (Å²) in [6.07, 6.45) is 0. The fourth-order valence-electron chi connectivity index (χ4n) is 4.52. The first kappa shape index (κ1) is 21.6. The fourth-order valence-corrected chi connectivity index (χ4v) is 4.52. The molecule has 5 aromatic carbocycles. The molecule has 0 amide bonds. The second-order valence-electron chi connectivity index (χ2n) is 8.78. The maximum Gasteiger partial charge on any atom is 0.0973 e. The molecule has 0 aliphatic rings. The molecule has 4 N–H and O–H groups in total. The molecule has 6 aromatic rings. The molecule has 4 nitrogen and oxygen atoms in total. The lowest BCUT2D eigenvalue weighted by molar-refractivity contribution is 1.29. The molecule has 0 aliphatic heterocycles. The number of para-hydroxylation sites is 2. The summed E-state index contributed by atoms with van der Waals surface area (Å²) in [5.74, 6) is 0. The zero-order valence-electron chi connectivity index (χ0n) is 19.6. The molecule has 1 heterocycles.